The van der Waals surface area contributed by atoms with Crippen molar-refractivity contribution in [3.05, 3.63) is 69.3 Å². The van der Waals surface area contributed by atoms with Gasteiger partial charge in [-0.2, -0.15) is 0 Å². The minimum atomic E-state index is 0.982. The maximum absolute atomic E-state index is 3.46. The molecule has 2 aromatic rings. The monoisotopic (exact) mass is 237 g/mol. The van der Waals surface area contributed by atoms with Gasteiger partial charge in [-0.15, -0.1) is 0 Å². The maximum Gasteiger partial charge on any atom is -0.00167 e. The molecule has 0 N–H and O–H groups in total. The van der Waals surface area contributed by atoms with Gasteiger partial charge in [-0.1, -0.05) is 29.8 Å². The number of rotatable bonds is 2. The van der Waals surface area contributed by atoms with E-state index < -0.39 is 0 Å². The van der Waals surface area contributed by atoms with Gasteiger partial charge >= 0.3 is 0 Å². The Balaban J connectivity index is 2.36. The van der Waals surface area contributed by atoms with Crippen molar-refractivity contribution in [1.29, 1.82) is 0 Å². The first-order chi connectivity index (χ1) is 8.45. The molecule has 0 unspecified atom stereocenters. The Labute approximate surface area is 111 Å². The van der Waals surface area contributed by atoms with Crippen molar-refractivity contribution in [2.45, 2.75) is 41.0 Å². The molecule has 0 aliphatic carbocycles. The Bertz CT molecular complexity index is 557. The van der Waals surface area contributed by atoms with Crippen LogP contribution < -0.4 is 0 Å². The molecule has 93 valence electrons. The van der Waals surface area contributed by atoms with Crippen LogP contribution in [0.1, 0.15) is 38.9 Å². The van der Waals surface area contributed by atoms with Gasteiger partial charge < -0.3 is 0 Å². The van der Waals surface area contributed by atoms with Crippen LogP contribution in [-0.4, -0.2) is 0 Å². The Kier molecular flexibility index (Phi) is 3.56. The first-order valence-electron chi connectivity index (χ1n) is 6.52. The molecule has 0 bridgehead atoms. The van der Waals surface area contributed by atoms with E-state index in [9.17, 15) is 0 Å². The molecule has 1 radical (unpaired) electrons. The van der Waals surface area contributed by atoms with Crippen molar-refractivity contribution in [1.82, 2.24) is 0 Å². The molecule has 0 atom stereocenters. The van der Waals surface area contributed by atoms with Crippen LogP contribution >= 0.6 is 0 Å². The van der Waals surface area contributed by atoms with E-state index in [0.717, 1.165) is 6.42 Å². The van der Waals surface area contributed by atoms with Crippen LogP contribution in [0.2, 0.25) is 0 Å². The zero-order valence-corrected chi connectivity index (χ0v) is 12.0. The average Bonchev–Trinajstić information content (AvgIpc) is 2.24. The summed E-state index contributed by atoms with van der Waals surface area (Å²) in [5.41, 5.74) is 9.39. The molecular formula is C18H21. The first kappa shape index (κ1) is 12.9. The van der Waals surface area contributed by atoms with Crippen LogP contribution in [0.25, 0.3) is 0 Å². The van der Waals surface area contributed by atoms with E-state index in [2.05, 4.69) is 65.0 Å². The zero-order chi connectivity index (χ0) is 13.3. The molecule has 0 spiro atoms. The second-order valence-electron chi connectivity index (χ2n) is 5.41. The summed E-state index contributed by atoms with van der Waals surface area (Å²) in [6.45, 7) is 10.8. The van der Waals surface area contributed by atoms with Gasteiger partial charge in [0.1, 0.15) is 0 Å². The highest BCUT2D eigenvalue weighted by Gasteiger charge is 2.04. The van der Waals surface area contributed by atoms with Crippen LogP contribution in [0.4, 0.5) is 0 Å². The van der Waals surface area contributed by atoms with Crippen LogP contribution in [0.15, 0.2) is 24.3 Å². The molecule has 0 heterocycles. The molecule has 2 rings (SSSR count). The number of aryl methyl sites for hydroxylation is 5. The van der Waals surface area contributed by atoms with Crippen molar-refractivity contribution in [2.24, 2.45) is 0 Å². The summed E-state index contributed by atoms with van der Waals surface area (Å²) in [6, 6.07) is 12.5. The molecular weight excluding hydrogens is 216 g/mol. The molecule has 0 saturated carbocycles. The fourth-order valence-corrected chi connectivity index (χ4v) is 2.49. The Morgan fingerprint density at radius 1 is 0.778 bits per heavy atom. The highest BCUT2D eigenvalue weighted by molar-refractivity contribution is 5.40. The Morgan fingerprint density at radius 2 is 1.44 bits per heavy atom. The Hall–Kier alpha value is -1.56. The molecule has 0 fully saturated rings. The summed E-state index contributed by atoms with van der Waals surface area (Å²) in [4.78, 5) is 0. The lowest BCUT2D eigenvalue weighted by Gasteiger charge is -2.11. The SMILES string of the molecule is Cc1[c]c(Cc2cc(C)c(C)cc2C)cc(C)c1. The minimum Gasteiger partial charge on any atom is -0.0558 e. The fraction of sp³-hybridized carbons (Fsp3) is 0.333. The topological polar surface area (TPSA) is 0 Å². The van der Waals surface area contributed by atoms with E-state index in [4.69, 9.17) is 0 Å². The van der Waals surface area contributed by atoms with E-state index in [-0.39, 0.29) is 0 Å². The van der Waals surface area contributed by atoms with Gasteiger partial charge in [-0.05, 0) is 80.5 Å². The summed E-state index contributed by atoms with van der Waals surface area (Å²) in [5, 5.41) is 0. The lowest BCUT2D eigenvalue weighted by molar-refractivity contribution is 1.11. The second kappa shape index (κ2) is 4.97. The average molecular weight is 237 g/mol. The fourth-order valence-electron chi connectivity index (χ4n) is 2.49. The maximum atomic E-state index is 3.46. The van der Waals surface area contributed by atoms with Gasteiger partial charge in [-0.3, -0.25) is 0 Å². The van der Waals surface area contributed by atoms with Crippen molar-refractivity contribution in [3.63, 3.8) is 0 Å². The molecule has 0 amide bonds. The molecule has 2 aromatic carbocycles. The lowest BCUT2D eigenvalue weighted by Crippen LogP contribution is -1.96. The standard InChI is InChI=1S/C18H21/c1-12-6-13(2)8-17(7-12)11-18-10-15(4)14(3)9-16(18)5/h6-7,9-10H,11H2,1-5H3. The van der Waals surface area contributed by atoms with Crippen LogP contribution in [0.5, 0.6) is 0 Å². The third-order valence-electron chi connectivity index (χ3n) is 3.54. The first-order valence-corrected chi connectivity index (χ1v) is 6.52. The number of benzene rings is 2. The predicted molar refractivity (Wildman–Crippen MR) is 78.2 cm³/mol. The second-order valence-corrected chi connectivity index (χ2v) is 5.41. The van der Waals surface area contributed by atoms with E-state index in [1.165, 1.54) is 38.9 Å². The van der Waals surface area contributed by atoms with E-state index in [1.807, 2.05) is 0 Å². The Morgan fingerprint density at radius 3 is 2.11 bits per heavy atom. The summed E-state index contributed by atoms with van der Waals surface area (Å²) in [6.07, 6.45) is 0.982. The van der Waals surface area contributed by atoms with E-state index in [0.29, 0.717) is 0 Å². The number of hydrogen-bond donors (Lipinski definition) is 0. The van der Waals surface area contributed by atoms with E-state index >= 15 is 0 Å². The third-order valence-corrected chi connectivity index (χ3v) is 3.54. The van der Waals surface area contributed by atoms with Gasteiger partial charge in [-0.25, -0.2) is 0 Å². The van der Waals surface area contributed by atoms with Gasteiger partial charge in [0.05, 0.1) is 0 Å². The van der Waals surface area contributed by atoms with Crippen molar-refractivity contribution >= 4 is 0 Å². The summed E-state index contributed by atoms with van der Waals surface area (Å²) < 4.78 is 0. The molecule has 0 saturated heterocycles. The van der Waals surface area contributed by atoms with Crippen molar-refractivity contribution in [3.8, 4) is 0 Å². The van der Waals surface area contributed by atoms with Gasteiger partial charge in [0.2, 0.25) is 0 Å². The van der Waals surface area contributed by atoms with Crippen LogP contribution in [-0.2, 0) is 6.42 Å². The lowest BCUT2D eigenvalue weighted by atomic mass is 9.94. The largest absolute Gasteiger partial charge is 0.0558 e. The highest BCUT2D eigenvalue weighted by Crippen LogP contribution is 2.19. The molecule has 0 aliphatic rings. The summed E-state index contributed by atoms with van der Waals surface area (Å²) in [5.74, 6) is 0. The minimum absolute atomic E-state index is 0.982. The van der Waals surface area contributed by atoms with Gasteiger partial charge in [0, 0.05) is 0 Å². The van der Waals surface area contributed by atoms with Crippen molar-refractivity contribution in [2.75, 3.05) is 0 Å². The van der Waals surface area contributed by atoms with Gasteiger partial charge in [0.25, 0.3) is 0 Å². The van der Waals surface area contributed by atoms with E-state index in [1.54, 1.807) is 0 Å². The predicted octanol–water partition coefficient (Wildman–Crippen LogP) is 4.62. The molecule has 18 heavy (non-hydrogen) atoms. The quantitative estimate of drug-likeness (QED) is 0.715. The third kappa shape index (κ3) is 2.81. The zero-order valence-electron chi connectivity index (χ0n) is 12.0. The summed E-state index contributed by atoms with van der Waals surface area (Å²) >= 11 is 0. The highest BCUT2D eigenvalue weighted by atomic mass is 14.1. The number of hydrogen-bond acceptors (Lipinski definition) is 0. The van der Waals surface area contributed by atoms with Crippen LogP contribution in [0.3, 0.4) is 0 Å². The van der Waals surface area contributed by atoms with Crippen LogP contribution in [0, 0.1) is 40.7 Å². The molecule has 0 aromatic heterocycles. The van der Waals surface area contributed by atoms with Gasteiger partial charge in [0.15, 0.2) is 0 Å². The molecule has 0 nitrogen and oxygen atoms in total. The molecule has 0 aliphatic heterocycles. The molecule has 0 heteroatoms. The normalized spacial score (nSPS) is 10.7. The van der Waals surface area contributed by atoms with Crippen molar-refractivity contribution < 1.29 is 0 Å². The summed E-state index contributed by atoms with van der Waals surface area (Å²) in [7, 11) is 0. The smallest absolute Gasteiger partial charge is 0.00167 e.